The summed E-state index contributed by atoms with van der Waals surface area (Å²) in [5.74, 6) is 1.29. The van der Waals surface area contributed by atoms with E-state index in [9.17, 15) is 0 Å². The predicted octanol–water partition coefficient (Wildman–Crippen LogP) is 0.992. The highest BCUT2D eigenvalue weighted by atomic mass is 35.5. The number of ether oxygens (including phenoxy) is 1. The van der Waals surface area contributed by atoms with E-state index in [1.807, 2.05) is 13.8 Å². The quantitative estimate of drug-likeness (QED) is 0.885. The number of rotatable bonds is 4. The van der Waals surface area contributed by atoms with Crippen LogP contribution in [0, 0.1) is 0 Å². The lowest BCUT2D eigenvalue weighted by atomic mass is 10.2. The molecule has 1 saturated heterocycles. The molecule has 0 spiro atoms. The van der Waals surface area contributed by atoms with E-state index in [2.05, 4.69) is 27.4 Å². The van der Waals surface area contributed by atoms with Crippen molar-refractivity contribution in [1.29, 1.82) is 0 Å². The van der Waals surface area contributed by atoms with Gasteiger partial charge in [-0.05, 0) is 20.9 Å². The van der Waals surface area contributed by atoms with Gasteiger partial charge >= 0.3 is 0 Å². The third-order valence-corrected chi connectivity index (χ3v) is 2.83. The highest BCUT2D eigenvalue weighted by molar-refractivity contribution is 5.85. The van der Waals surface area contributed by atoms with Crippen molar-refractivity contribution in [2.24, 2.45) is 0 Å². The van der Waals surface area contributed by atoms with Crippen LogP contribution in [0.15, 0.2) is 4.52 Å². The molecule has 0 radical (unpaired) electrons. The summed E-state index contributed by atoms with van der Waals surface area (Å²) in [5, 5.41) is 7.35. The number of likely N-dealkylation sites (N-methyl/N-ethyl adjacent to an activating group) is 1. The summed E-state index contributed by atoms with van der Waals surface area (Å²) in [4.78, 5) is 6.60. The van der Waals surface area contributed by atoms with Gasteiger partial charge < -0.3 is 14.6 Å². The normalized spacial score (nSPS) is 21.0. The average molecular weight is 277 g/mol. The van der Waals surface area contributed by atoms with Crippen LogP contribution < -0.4 is 5.32 Å². The highest BCUT2D eigenvalue weighted by Crippen LogP contribution is 2.17. The summed E-state index contributed by atoms with van der Waals surface area (Å²) in [6.07, 6.45) is 0.171. The largest absolute Gasteiger partial charge is 0.369 e. The first-order valence-corrected chi connectivity index (χ1v) is 6.02. The fourth-order valence-electron chi connectivity index (χ4n) is 1.79. The molecule has 1 aromatic rings. The van der Waals surface area contributed by atoms with Gasteiger partial charge in [0, 0.05) is 19.6 Å². The smallest absolute Gasteiger partial charge is 0.252 e. The number of nitrogens with zero attached hydrogens (tertiary/aromatic N) is 3. The van der Waals surface area contributed by atoms with Gasteiger partial charge in [0.1, 0.15) is 6.61 Å². The summed E-state index contributed by atoms with van der Waals surface area (Å²) in [6, 6.07) is 0.195. The summed E-state index contributed by atoms with van der Waals surface area (Å²) < 4.78 is 10.6. The monoisotopic (exact) mass is 276 g/mol. The Hall–Kier alpha value is -0.690. The molecule has 1 aliphatic heterocycles. The number of hydrogen-bond acceptors (Lipinski definition) is 6. The Bertz CT molecular complexity index is 359. The molecule has 0 aromatic carbocycles. The maximum absolute atomic E-state index is 5.43. The Kier molecular flexibility index (Phi) is 6.01. The van der Waals surface area contributed by atoms with Crippen molar-refractivity contribution in [3.05, 3.63) is 11.7 Å². The molecule has 18 heavy (non-hydrogen) atoms. The Morgan fingerprint density at radius 1 is 1.56 bits per heavy atom. The lowest BCUT2D eigenvalue weighted by molar-refractivity contribution is 0.0485. The van der Waals surface area contributed by atoms with Gasteiger partial charge in [-0.1, -0.05) is 5.16 Å². The third kappa shape index (κ3) is 3.91. The third-order valence-electron chi connectivity index (χ3n) is 2.83. The first-order chi connectivity index (χ1) is 8.16. The SMILES string of the molecule is CC(C)OCc1nc(C2CNCCN2C)no1.Cl. The van der Waals surface area contributed by atoms with E-state index < -0.39 is 0 Å². The van der Waals surface area contributed by atoms with Crippen molar-refractivity contribution in [2.45, 2.75) is 32.6 Å². The molecule has 1 aromatic heterocycles. The molecule has 0 amide bonds. The van der Waals surface area contributed by atoms with E-state index in [-0.39, 0.29) is 24.6 Å². The number of piperazine rings is 1. The van der Waals surface area contributed by atoms with Gasteiger partial charge in [0.2, 0.25) is 0 Å². The van der Waals surface area contributed by atoms with Crippen molar-refractivity contribution in [3.8, 4) is 0 Å². The number of nitrogens with one attached hydrogen (secondary N) is 1. The molecule has 2 heterocycles. The van der Waals surface area contributed by atoms with E-state index in [1.54, 1.807) is 0 Å². The first kappa shape index (κ1) is 15.4. The molecular formula is C11H21ClN4O2. The molecule has 0 bridgehead atoms. The highest BCUT2D eigenvalue weighted by Gasteiger charge is 2.25. The van der Waals surface area contributed by atoms with E-state index in [1.165, 1.54) is 0 Å². The number of halogens is 1. The van der Waals surface area contributed by atoms with Crippen molar-refractivity contribution in [3.63, 3.8) is 0 Å². The molecule has 1 atom stereocenters. The van der Waals surface area contributed by atoms with Gasteiger partial charge in [0.15, 0.2) is 5.82 Å². The molecule has 0 saturated carbocycles. The molecule has 0 aliphatic carbocycles. The predicted molar refractivity (Wildman–Crippen MR) is 69.7 cm³/mol. The van der Waals surface area contributed by atoms with Crippen LogP contribution in [-0.4, -0.2) is 47.8 Å². The molecule has 1 aliphatic rings. The lowest BCUT2D eigenvalue weighted by Crippen LogP contribution is -2.44. The van der Waals surface area contributed by atoms with E-state index in [0.717, 1.165) is 25.5 Å². The second-order valence-corrected chi connectivity index (χ2v) is 4.61. The summed E-state index contributed by atoms with van der Waals surface area (Å²) in [6.45, 7) is 7.21. The molecule has 7 heteroatoms. The van der Waals surface area contributed by atoms with Crippen molar-refractivity contribution in [1.82, 2.24) is 20.4 Å². The lowest BCUT2D eigenvalue weighted by Gasteiger charge is -2.30. The zero-order chi connectivity index (χ0) is 12.3. The van der Waals surface area contributed by atoms with Crippen molar-refractivity contribution in [2.75, 3.05) is 26.7 Å². The van der Waals surface area contributed by atoms with Crippen LogP contribution in [0.5, 0.6) is 0 Å². The Morgan fingerprint density at radius 3 is 3.00 bits per heavy atom. The number of aromatic nitrogens is 2. The van der Waals surface area contributed by atoms with Crippen LogP contribution in [0.1, 0.15) is 31.6 Å². The zero-order valence-corrected chi connectivity index (χ0v) is 11.9. The molecule has 1 unspecified atom stereocenters. The van der Waals surface area contributed by atoms with Gasteiger partial charge in [-0.25, -0.2) is 0 Å². The van der Waals surface area contributed by atoms with Crippen LogP contribution in [0.25, 0.3) is 0 Å². The van der Waals surface area contributed by atoms with Gasteiger partial charge in [-0.15, -0.1) is 12.4 Å². The molecule has 104 valence electrons. The van der Waals surface area contributed by atoms with Crippen LogP contribution in [-0.2, 0) is 11.3 Å². The van der Waals surface area contributed by atoms with Gasteiger partial charge in [0.05, 0.1) is 12.1 Å². The number of hydrogen-bond donors (Lipinski definition) is 1. The Balaban J connectivity index is 0.00000162. The second-order valence-electron chi connectivity index (χ2n) is 4.61. The minimum Gasteiger partial charge on any atom is -0.369 e. The molecular weight excluding hydrogens is 256 g/mol. The van der Waals surface area contributed by atoms with Gasteiger partial charge in [-0.2, -0.15) is 4.98 Å². The van der Waals surface area contributed by atoms with Gasteiger partial charge in [0.25, 0.3) is 5.89 Å². The fraction of sp³-hybridized carbons (Fsp3) is 0.818. The maximum atomic E-state index is 5.43. The Morgan fingerprint density at radius 2 is 2.33 bits per heavy atom. The molecule has 1 fully saturated rings. The topological polar surface area (TPSA) is 63.4 Å². The van der Waals surface area contributed by atoms with Crippen molar-refractivity contribution < 1.29 is 9.26 Å². The standard InChI is InChI=1S/C11H20N4O2.ClH/c1-8(2)16-7-10-13-11(14-17-10)9-6-12-4-5-15(9)3;/h8-9,12H,4-7H2,1-3H3;1H. The summed E-state index contributed by atoms with van der Waals surface area (Å²) >= 11 is 0. The molecule has 2 rings (SSSR count). The molecule has 1 N–H and O–H groups in total. The Labute approximate surface area is 113 Å². The van der Waals surface area contributed by atoms with Gasteiger partial charge in [-0.3, -0.25) is 4.90 Å². The fourth-order valence-corrected chi connectivity index (χ4v) is 1.79. The van der Waals surface area contributed by atoms with Crippen LogP contribution in [0.2, 0.25) is 0 Å². The van der Waals surface area contributed by atoms with Crippen LogP contribution >= 0.6 is 12.4 Å². The summed E-state index contributed by atoms with van der Waals surface area (Å²) in [5.41, 5.74) is 0. The second kappa shape index (κ2) is 7.04. The minimum atomic E-state index is 0. The van der Waals surface area contributed by atoms with E-state index >= 15 is 0 Å². The maximum Gasteiger partial charge on any atom is 0.252 e. The minimum absolute atomic E-state index is 0. The molecule has 6 nitrogen and oxygen atoms in total. The van der Waals surface area contributed by atoms with Crippen LogP contribution in [0.4, 0.5) is 0 Å². The summed E-state index contributed by atoms with van der Waals surface area (Å²) in [7, 11) is 2.08. The zero-order valence-electron chi connectivity index (χ0n) is 11.0. The average Bonchev–Trinajstić information content (AvgIpc) is 2.75. The van der Waals surface area contributed by atoms with Crippen LogP contribution in [0.3, 0.4) is 0 Å². The van der Waals surface area contributed by atoms with E-state index in [0.29, 0.717) is 12.5 Å². The van der Waals surface area contributed by atoms with E-state index in [4.69, 9.17) is 9.26 Å². The first-order valence-electron chi connectivity index (χ1n) is 6.02. The van der Waals surface area contributed by atoms with Crippen molar-refractivity contribution >= 4 is 12.4 Å².